The molecule has 0 saturated carbocycles. The van der Waals surface area contributed by atoms with E-state index in [0.29, 0.717) is 0 Å². The van der Waals surface area contributed by atoms with E-state index in [4.69, 9.17) is 5.26 Å². The first-order valence-electron chi connectivity index (χ1n) is 5.26. The van der Waals surface area contributed by atoms with Gasteiger partial charge in [-0.15, -0.1) is 0 Å². The van der Waals surface area contributed by atoms with Gasteiger partial charge in [-0.25, -0.2) is 0 Å². The highest BCUT2D eigenvalue weighted by Gasteiger charge is 2.29. The predicted octanol–water partition coefficient (Wildman–Crippen LogP) is 2.71. The maximum Gasteiger partial charge on any atom is 0.305 e. The molecule has 0 radical (unpaired) electrons. The molecule has 0 aliphatic carbocycles. The molecule has 0 fully saturated rings. The normalized spacial score (nSPS) is 12.3. The Morgan fingerprint density at radius 3 is 2.06 bits per heavy atom. The second-order valence-corrected chi connectivity index (χ2v) is 15.2. The average molecular weight is 255 g/mol. The monoisotopic (exact) mass is 255 g/mol. The maximum absolute atomic E-state index is 12.0. The fourth-order valence-electron chi connectivity index (χ4n) is 1.08. The molecule has 0 unspecified atom stereocenters. The molecule has 0 rings (SSSR count). The van der Waals surface area contributed by atoms with Gasteiger partial charge >= 0.3 is 6.03 Å². The van der Waals surface area contributed by atoms with E-state index in [0.717, 1.165) is 0 Å². The molecule has 0 aromatic heterocycles. The number of nitriles is 1. The van der Waals surface area contributed by atoms with Gasteiger partial charge in [0.2, 0.25) is 0 Å². The number of allylic oxidation sites excluding steroid dienone is 1. The first-order valence-corrected chi connectivity index (χ1v) is 12.2. The van der Waals surface area contributed by atoms with Crippen molar-refractivity contribution in [1.82, 2.24) is 9.55 Å². The molecule has 0 heterocycles. The lowest BCUT2D eigenvalue weighted by molar-refractivity contribution is 0.235. The smallest absolute Gasteiger partial charge is 0.305 e. The summed E-state index contributed by atoms with van der Waals surface area (Å²) in [5.41, 5.74) is 0. The number of hydrogen-bond acceptors (Lipinski definition) is 2. The molecule has 4 nitrogen and oxygen atoms in total. The number of carbonyl (C=O) groups excluding carboxylic acids is 1. The third kappa shape index (κ3) is 5.73. The van der Waals surface area contributed by atoms with Gasteiger partial charge in [-0.3, -0.25) is 4.79 Å². The number of urea groups is 1. The molecule has 0 saturated heterocycles. The summed E-state index contributed by atoms with van der Waals surface area (Å²) in [5, 5.41) is 8.52. The summed E-state index contributed by atoms with van der Waals surface area (Å²) in [5.74, 6) is 0. The second-order valence-electron chi connectivity index (χ2n) is 5.67. The van der Waals surface area contributed by atoms with Crippen LogP contribution in [0, 0.1) is 11.3 Å². The predicted molar refractivity (Wildman–Crippen MR) is 71.8 cm³/mol. The SMILES string of the molecule is C[Si](C)(C)NC(=O)N(C=CC#N)[Si](C)(C)C. The quantitative estimate of drug-likeness (QED) is 0.623. The lowest BCUT2D eigenvalue weighted by Crippen LogP contribution is -2.56. The summed E-state index contributed by atoms with van der Waals surface area (Å²) in [6, 6.07) is 1.84. The van der Waals surface area contributed by atoms with Crippen LogP contribution in [0.1, 0.15) is 0 Å². The summed E-state index contributed by atoms with van der Waals surface area (Å²) >= 11 is 0. The second kappa shape index (κ2) is 5.32. The molecule has 0 spiro atoms. The molecule has 16 heavy (non-hydrogen) atoms. The van der Waals surface area contributed by atoms with Crippen molar-refractivity contribution in [1.29, 1.82) is 5.26 Å². The van der Waals surface area contributed by atoms with E-state index in [1.807, 2.05) is 6.07 Å². The van der Waals surface area contributed by atoms with Crippen LogP contribution in [0.15, 0.2) is 12.3 Å². The van der Waals surface area contributed by atoms with Crippen molar-refractivity contribution in [2.24, 2.45) is 0 Å². The molecule has 0 aromatic rings. The van der Waals surface area contributed by atoms with Gasteiger partial charge in [-0.1, -0.05) is 39.3 Å². The summed E-state index contributed by atoms with van der Waals surface area (Å²) in [6.45, 7) is 12.4. The number of carbonyl (C=O) groups is 1. The Morgan fingerprint density at radius 2 is 1.75 bits per heavy atom. The van der Waals surface area contributed by atoms with Crippen molar-refractivity contribution in [3.63, 3.8) is 0 Å². The zero-order valence-corrected chi connectivity index (χ0v) is 13.0. The van der Waals surface area contributed by atoms with E-state index in [1.165, 1.54) is 6.08 Å². The van der Waals surface area contributed by atoms with Crippen molar-refractivity contribution in [3.05, 3.63) is 12.3 Å². The number of nitrogens with one attached hydrogen (secondary N) is 1. The molecule has 1 N–H and O–H groups in total. The summed E-state index contributed by atoms with van der Waals surface area (Å²) < 4.78 is 1.69. The van der Waals surface area contributed by atoms with Crippen LogP contribution >= 0.6 is 0 Å². The molecular weight excluding hydrogens is 234 g/mol. The van der Waals surface area contributed by atoms with E-state index in [2.05, 4.69) is 44.3 Å². The first-order chi connectivity index (χ1) is 7.08. The summed E-state index contributed by atoms with van der Waals surface area (Å²) in [6.07, 6.45) is 2.93. The highest BCUT2D eigenvalue weighted by atomic mass is 28.3. The Bertz CT molecular complexity index is 320. The molecule has 0 bridgehead atoms. The number of rotatable bonds is 3. The first kappa shape index (κ1) is 14.9. The average Bonchev–Trinajstić information content (AvgIpc) is 1.98. The standard InChI is InChI=1S/C10H21N3OSi2/c1-15(2,3)12-10(14)13(9-7-8-11)16(4,5)6/h7,9H,1-6H3,(H,12,14). The highest BCUT2D eigenvalue weighted by Crippen LogP contribution is 2.11. The van der Waals surface area contributed by atoms with Crippen molar-refractivity contribution in [3.8, 4) is 6.07 Å². The fraction of sp³-hybridized carbons (Fsp3) is 0.600. The zero-order valence-electron chi connectivity index (χ0n) is 11.0. The third-order valence-electron chi connectivity index (χ3n) is 1.72. The van der Waals surface area contributed by atoms with Gasteiger partial charge in [0.05, 0.1) is 6.07 Å². The lowest BCUT2D eigenvalue weighted by atomic mass is 10.7. The van der Waals surface area contributed by atoms with Crippen LogP contribution in [0.4, 0.5) is 4.79 Å². The Hall–Kier alpha value is -1.07. The van der Waals surface area contributed by atoms with Gasteiger partial charge in [-0.2, -0.15) is 5.26 Å². The molecule has 0 aliphatic rings. The van der Waals surface area contributed by atoms with Crippen LogP contribution in [0.25, 0.3) is 0 Å². The van der Waals surface area contributed by atoms with Crippen molar-refractivity contribution >= 4 is 22.5 Å². The maximum atomic E-state index is 12.0. The topological polar surface area (TPSA) is 56.1 Å². The van der Waals surface area contributed by atoms with E-state index in [9.17, 15) is 4.79 Å². The van der Waals surface area contributed by atoms with Gasteiger partial charge in [0.1, 0.15) is 8.24 Å². The van der Waals surface area contributed by atoms with E-state index < -0.39 is 16.5 Å². The van der Waals surface area contributed by atoms with Crippen LogP contribution in [0.3, 0.4) is 0 Å². The summed E-state index contributed by atoms with van der Waals surface area (Å²) in [4.78, 5) is 15.1. The van der Waals surface area contributed by atoms with Crippen molar-refractivity contribution < 1.29 is 4.79 Å². The summed E-state index contributed by atoms with van der Waals surface area (Å²) in [7, 11) is -3.42. The zero-order chi connectivity index (χ0) is 13.0. The van der Waals surface area contributed by atoms with Gasteiger partial charge in [0.25, 0.3) is 0 Å². The molecule has 0 atom stereocenters. The van der Waals surface area contributed by atoms with Crippen LogP contribution < -0.4 is 4.98 Å². The minimum absolute atomic E-state index is 0.0789. The van der Waals surface area contributed by atoms with E-state index in [1.54, 1.807) is 10.8 Å². The molecule has 90 valence electrons. The molecule has 2 amide bonds. The Balaban J connectivity index is 4.87. The number of nitrogens with zero attached hydrogens (tertiary/aromatic N) is 2. The lowest BCUT2D eigenvalue weighted by Gasteiger charge is -2.33. The molecule has 0 aliphatic heterocycles. The van der Waals surface area contributed by atoms with Crippen LogP contribution in [-0.2, 0) is 0 Å². The fourth-order valence-corrected chi connectivity index (χ4v) is 3.15. The van der Waals surface area contributed by atoms with Gasteiger partial charge in [0.15, 0.2) is 8.24 Å². The van der Waals surface area contributed by atoms with Crippen molar-refractivity contribution in [2.45, 2.75) is 39.3 Å². The van der Waals surface area contributed by atoms with E-state index >= 15 is 0 Å². The van der Waals surface area contributed by atoms with Gasteiger partial charge in [0, 0.05) is 12.3 Å². The number of hydrogen-bond donors (Lipinski definition) is 1. The third-order valence-corrected chi connectivity index (χ3v) is 4.48. The molecular formula is C10H21N3OSi2. The number of amides is 2. The van der Waals surface area contributed by atoms with E-state index in [-0.39, 0.29) is 6.03 Å². The minimum atomic E-state index is -1.78. The van der Waals surface area contributed by atoms with Gasteiger partial charge < -0.3 is 9.55 Å². The molecule has 6 heteroatoms. The molecule has 0 aromatic carbocycles. The van der Waals surface area contributed by atoms with Crippen LogP contribution in [-0.4, -0.2) is 27.1 Å². The highest BCUT2D eigenvalue weighted by molar-refractivity contribution is 6.78. The Morgan fingerprint density at radius 1 is 1.25 bits per heavy atom. The van der Waals surface area contributed by atoms with Gasteiger partial charge in [-0.05, 0) is 0 Å². The van der Waals surface area contributed by atoms with Crippen LogP contribution in [0.5, 0.6) is 0 Å². The Kier molecular flexibility index (Phi) is 4.96. The minimum Gasteiger partial charge on any atom is -0.365 e. The largest absolute Gasteiger partial charge is 0.365 e. The van der Waals surface area contributed by atoms with Crippen LogP contribution in [0.2, 0.25) is 39.3 Å². The van der Waals surface area contributed by atoms with Crippen molar-refractivity contribution in [2.75, 3.05) is 0 Å². The Labute approximate surface area is 100 Å².